The minimum absolute atomic E-state index is 0.565. The average molecular weight is 793 g/mol. The summed E-state index contributed by atoms with van der Waals surface area (Å²) >= 11 is 0. The lowest BCUT2D eigenvalue weighted by Gasteiger charge is -2.34. The van der Waals surface area contributed by atoms with Crippen LogP contribution in [0, 0.1) is 0 Å². The molecule has 0 atom stereocenters. The van der Waals surface area contributed by atoms with Gasteiger partial charge in [0.1, 0.15) is 5.58 Å². The third-order valence-corrected chi connectivity index (χ3v) is 13.7. The Labute approximate surface area is 386 Å². The van der Waals surface area contributed by atoms with Gasteiger partial charge in [-0.1, -0.05) is 175 Å². The molecule has 0 aliphatic heterocycles. The van der Waals surface area contributed by atoms with Crippen molar-refractivity contribution in [1.82, 2.24) is 9.13 Å². The summed E-state index contributed by atoms with van der Waals surface area (Å²) < 4.78 is 342. The van der Waals surface area contributed by atoms with E-state index in [9.17, 15) is 23.3 Å². The molecule has 12 rings (SSSR count). The van der Waals surface area contributed by atoms with Gasteiger partial charge in [-0.15, -0.1) is 0 Å². The fourth-order valence-electron chi connectivity index (χ4n) is 7.44. The van der Waals surface area contributed by atoms with Gasteiger partial charge in [-0.25, -0.2) is 0 Å². The largest absolute Gasteiger partial charge is 0.454 e. The molecule has 0 bridgehead atoms. The second-order valence-electron chi connectivity index (χ2n) is 12.5. The van der Waals surface area contributed by atoms with E-state index in [0.29, 0.717) is 4.57 Å². The van der Waals surface area contributed by atoms with Crippen LogP contribution in [0.2, 0.25) is 0 Å². The normalized spacial score (nSPS) is 20.8. The van der Waals surface area contributed by atoms with E-state index in [1.54, 1.807) is 0 Å². The summed E-state index contributed by atoms with van der Waals surface area (Å²) in [6, 6.07) is -41.5. The maximum Gasteiger partial charge on any atom is 0.179 e. The summed E-state index contributed by atoms with van der Waals surface area (Å²) in [7, 11) is -6.53. The van der Waals surface area contributed by atoms with Crippen molar-refractivity contribution in [3.63, 3.8) is 0 Å². The standard InChI is InChI=1S/C54H36N2OSi/c1-4-18-38(19-5-1)58(39-20-6-2-7-21-39,40-22-8-3-9-23-40)41-34-32-37(33-35-41)55-47-28-14-12-26-44(47)46-36-50(54-52(53(46)55)45-27-13-17-31-51(45)57-54)56-48-29-15-10-24-42(48)43-25-11-16-30-49(43)56/h1-36H/i1D,2D,3D,4D,5D,6D,7D,8D,9D,10D,11D,12D,13D,14D,15D,16D,17D,18D,19D,20D,21D,22D,23D,24D,25D,26D,27D,28D,29D,30D,31D,32D,33D,34D,35D,36D. The van der Waals surface area contributed by atoms with Crippen LogP contribution in [0.3, 0.4) is 0 Å². The van der Waals surface area contributed by atoms with Crippen LogP contribution in [0.1, 0.15) is 49.3 Å². The van der Waals surface area contributed by atoms with Crippen LogP contribution in [0.25, 0.3) is 76.9 Å². The van der Waals surface area contributed by atoms with E-state index in [-0.39, 0.29) is 0 Å². The summed E-state index contributed by atoms with van der Waals surface area (Å²) in [5.74, 6) is 0. The average Bonchev–Trinajstić information content (AvgIpc) is 1.32. The Morgan fingerprint density at radius 1 is 0.379 bits per heavy atom. The summed E-state index contributed by atoms with van der Waals surface area (Å²) in [6.07, 6.45) is 0. The fraction of sp³-hybridized carbons (Fsp3) is 0. The van der Waals surface area contributed by atoms with Crippen molar-refractivity contribution in [2.75, 3.05) is 0 Å². The molecule has 0 unspecified atom stereocenters. The lowest BCUT2D eigenvalue weighted by molar-refractivity contribution is 0.666. The van der Waals surface area contributed by atoms with Gasteiger partial charge in [0.25, 0.3) is 0 Å². The molecule has 58 heavy (non-hydrogen) atoms. The van der Waals surface area contributed by atoms with E-state index in [1.807, 2.05) is 0 Å². The van der Waals surface area contributed by atoms with Gasteiger partial charge in [-0.3, -0.25) is 0 Å². The molecule has 3 aromatic heterocycles. The number of hydrogen-bond donors (Lipinski definition) is 0. The Bertz CT molecular complexity index is 5290. The van der Waals surface area contributed by atoms with E-state index in [1.165, 1.54) is 0 Å². The van der Waals surface area contributed by atoms with Gasteiger partial charge in [0, 0.05) is 32.6 Å². The predicted molar refractivity (Wildman–Crippen MR) is 246 cm³/mol. The van der Waals surface area contributed by atoms with Crippen molar-refractivity contribution in [2.45, 2.75) is 0 Å². The van der Waals surface area contributed by atoms with E-state index < -0.39 is 323 Å². The minimum Gasteiger partial charge on any atom is -0.454 e. The quantitative estimate of drug-likeness (QED) is 0.121. The van der Waals surface area contributed by atoms with E-state index in [2.05, 4.69) is 0 Å². The van der Waals surface area contributed by atoms with Gasteiger partial charge in [-0.2, -0.15) is 0 Å². The van der Waals surface area contributed by atoms with Gasteiger partial charge in [0.05, 0.1) is 82.5 Å². The third-order valence-electron chi connectivity index (χ3n) is 9.72. The number of fused-ring (bicyclic) bond motifs is 10. The number of aromatic nitrogens is 2. The van der Waals surface area contributed by atoms with E-state index in [0.717, 1.165) is 4.57 Å². The molecule has 0 amide bonds. The maximum atomic E-state index is 10.5. The molecular weight excluding hydrogens is 721 g/mol. The molecule has 0 radical (unpaired) electrons. The molecule has 3 nitrogen and oxygen atoms in total. The second kappa shape index (κ2) is 12.8. The Balaban J connectivity index is 1.42. The molecule has 272 valence electrons. The van der Waals surface area contributed by atoms with Crippen LogP contribution >= 0.6 is 0 Å². The predicted octanol–water partition coefficient (Wildman–Crippen LogP) is 11.2. The molecule has 0 N–H and O–H groups in total. The van der Waals surface area contributed by atoms with Gasteiger partial charge in [0.15, 0.2) is 13.7 Å². The number of rotatable bonds is 6. The Kier molecular flexibility index (Phi) is 2.89. The smallest absolute Gasteiger partial charge is 0.179 e. The first-order chi connectivity index (χ1) is 43.8. The number of nitrogens with zero attached hydrogens (tertiary/aromatic N) is 2. The molecule has 12 aromatic rings. The van der Waals surface area contributed by atoms with E-state index >= 15 is 0 Å². The Morgan fingerprint density at radius 2 is 0.793 bits per heavy atom. The fourth-order valence-corrected chi connectivity index (χ4v) is 10.9. The lowest BCUT2D eigenvalue weighted by Crippen LogP contribution is -2.74. The molecule has 0 aliphatic carbocycles. The first-order valence-corrected chi connectivity index (χ1v) is 19.0. The highest BCUT2D eigenvalue weighted by molar-refractivity contribution is 7.19. The highest BCUT2D eigenvalue weighted by Gasteiger charge is 2.41. The molecule has 4 heteroatoms. The van der Waals surface area contributed by atoms with Crippen molar-refractivity contribution in [3.8, 4) is 11.4 Å². The van der Waals surface area contributed by atoms with Crippen molar-refractivity contribution in [1.29, 1.82) is 0 Å². The maximum absolute atomic E-state index is 10.5. The number of benzene rings is 9. The van der Waals surface area contributed by atoms with Crippen molar-refractivity contribution < 1.29 is 53.8 Å². The second-order valence-corrected chi connectivity index (χ2v) is 16.0. The molecule has 3 heterocycles. The number of hydrogen-bond acceptors (Lipinski definition) is 1. The van der Waals surface area contributed by atoms with Crippen LogP contribution in [0.5, 0.6) is 0 Å². The van der Waals surface area contributed by atoms with Crippen LogP contribution in [0.4, 0.5) is 0 Å². The lowest BCUT2D eigenvalue weighted by atomic mass is 10.1. The zero-order valence-corrected chi connectivity index (χ0v) is 29.8. The summed E-state index contributed by atoms with van der Waals surface area (Å²) in [5, 5.41) is -9.07. The van der Waals surface area contributed by atoms with Crippen LogP contribution in [0.15, 0.2) is 222 Å². The number of para-hydroxylation sites is 4. The van der Waals surface area contributed by atoms with Crippen molar-refractivity contribution >= 4 is 94.4 Å². The minimum atomic E-state index is -6.53. The third kappa shape index (κ3) is 4.61. The van der Waals surface area contributed by atoms with Gasteiger partial charge in [-0.05, 0) is 63.0 Å². The van der Waals surface area contributed by atoms with Crippen LogP contribution in [-0.2, 0) is 0 Å². The topological polar surface area (TPSA) is 23.0 Å². The SMILES string of the molecule is [2H]c1c([2H])c([2H])c([Si](c2c([2H])c([2H])c([2H])c([2H])c2[2H])(c2c([2H])c([2H])c([2H])c([2H])c2[2H])c2c([2H])c([2H])c(-n3c4c([2H])c([2H])c([2H])c([2H])c4c4c([2H])c(-n5c6c([2H])c([2H])c([2H])c([2H])c6c6c([2H])c([2H])c([2H])c([2H])c65)c5oc6c([2H])c([2H])c([2H])c([2H])c6c5c43)c([2H])c2[2H])c([2H])c1[2H]. The number of furan rings is 1. The molecule has 9 aromatic carbocycles. The summed E-state index contributed by atoms with van der Waals surface area (Å²) in [5.41, 5.74) is -6.65. The monoisotopic (exact) mass is 792 g/mol. The first-order valence-electron chi connectivity index (χ1n) is 35.0. The summed E-state index contributed by atoms with van der Waals surface area (Å²) in [6.45, 7) is 0. The molecule has 0 fully saturated rings. The zero-order valence-electron chi connectivity index (χ0n) is 64.8. The molecular formula is C54H36N2OSi. The van der Waals surface area contributed by atoms with Gasteiger partial charge >= 0.3 is 0 Å². The van der Waals surface area contributed by atoms with E-state index in [4.69, 9.17) is 30.5 Å². The molecule has 0 spiro atoms. The molecule has 0 saturated heterocycles. The highest BCUT2D eigenvalue weighted by Crippen LogP contribution is 2.45. The van der Waals surface area contributed by atoms with Crippen molar-refractivity contribution in [2.24, 2.45) is 0 Å². The summed E-state index contributed by atoms with van der Waals surface area (Å²) in [4.78, 5) is 0. The van der Waals surface area contributed by atoms with Gasteiger partial charge in [0.2, 0.25) is 0 Å². The van der Waals surface area contributed by atoms with Gasteiger partial charge < -0.3 is 13.6 Å². The van der Waals surface area contributed by atoms with Crippen molar-refractivity contribution in [3.05, 3.63) is 218 Å². The Hall–Kier alpha value is -7.40. The molecule has 0 aliphatic rings. The Morgan fingerprint density at radius 3 is 1.33 bits per heavy atom. The van der Waals surface area contributed by atoms with Crippen LogP contribution < -0.4 is 20.7 Å². The zero-order chi connectivity index (χ0) is 69.5. The van der Waals surface area contributed by atoms with Crippen LogP contribution in [-0.4, -0.2) is 17.2 Å². The highest BCUT2D eigenvalue weighted by atomic mass is 28.3. The first kappa shape index (κ1) is 13.1. The molecule has 0 saturated carbocycles.